The predicted molar refractivity (Wildman–Crippen MR) is 115 cm³/mol. The summed E-state index contributed by atoms with van der Waals surface area (Å²) in [6, 6.07) is 15.1. The second kappa shape index (κ2) is 9.05. The maximum Gasteiger partial charge on any atom is 0.252 e. The highest BCUT2D eigenvalue weighted by molar-refractivity contribution is 5.86. The molecule has 2 fully saturated rings. The molecule has 4 atom stereocenters. The molecular weight excluding hydrogens is 396 g/mol. The fourth-order valence-corrected chi connectivity index (χ4v) is 4.16. The summed E-state index contributed by atoms with van der Waals surface area (Å²) in [7, 11) is 3.35. The van der Waals surface area contributed by atoms with E-state index in [4.69, 9.17) is 9.47 Å². The zero-order valence-electron chi connectivity index (χ0n) is 17.9. The van der Waals surface area contributed by atoms with Gasteiger partial charge in [-0.15, -0.1) is 0 Å². The number of methoxy groups -OCH3 is 1. The van der Waals surface area contributed by atoms with Gasteiger partial charge in [0.1, 0.15) is 12.4 Å². The summed E-state index contributed by atoms with van der Waals surface area (Å²) in [5, 5.41) is 3.02. The predicted octanol–water partition coefficient (Wildman–Crippen LogP) is 1.58. The Labute approximate surface area is 181 Å². The van der Waals surface area contributed by atoms with Crippen molar-refractivity contribution in [2.45, 2.75) is 37.7 Å². The van der Waals surface area contributed by atoms with Crippen LogP contribution in [-0.4, -0.2) is 49.7 Å². The molecular formula is C23H28N4O4. The van der Waals surface area contributed by atoms with Crippen LogP contribution in [0.5, 0.6) is 5.75 Å². The molecule has 4 rings (SSSR count). The summed E-state index contributed by atoms with van der Waals surface area (Å²) in [5.74, 6) is 0.389. The van der Waals surface area contributed by atoms with E-state index in [-0.39, 0.29) is 30.6 Å². The van der Waals surface area contributed by atoms with Gasteiger partial charge in [-0.05, 0) is 18.6 Å². The Morgan fingerprint density at radius 1 is 1.16 bits per heavy atom. The number of nitrogens with zero attached hydrogens (tertiary/aromatic N) is 1. The molecule has 0 saturated carbocycles. The lowest BCUT2D eigenvalue weighted by molar-refractivity contribution is -0.162. The summed E-state index contributed by atoms with van der Waals surface area (Å²) in [6.45, 7) is 1.88. The number of carbonyl (C=O) groups excluding carboxylic acids is 2. The maximum atomic E-state index is 13.2. The van der Waals surface area contributed by atoms with Crippen LogP contribution < -0.4 is 20.9 Å². The van der Waals surface area contributed by atoms with Gasteiger partial charge in [0.2, 0.25) is 5.91 Å². The number of likely N-dealkylation sites (N-methyl/N-ethyl adjacent to an activating group) is 1. The number of benzene rings is 2. The third-order valence-electron chi connectivity index (χ3n) is 5.90. The van der Waals surface area contributed by atoms with Crippen molar-refractivity contribution >= 4 is 11.8 Å². The van der Waals surface area contributed by atoms with E-state index < -0.39 is 12.1 Å². The van der Waals surface area contributed by atoms with Gasteiger partial charge < -0.3 is 19.7 Å². The first kappa shape index (κ1) is 21.3. The molecule has 2 aromatic rings. The Morgan fingerprint density at radius 3 is 2.65 bits per heavy atom. The number of nitrogens with one attached hydrogen (secondary N) is 3. The van der Waals surface area contributed by atoms with Crippen LogP contribution in [0, 0.1) is 6.92 Å². The van der Waals surface area contributed by atoms with Crippen molar-refractivity contribution < 1.29 is 19.1 Å². The second-order valence-corrected chi connectivity index (χ2v) is 7.97. The lowest BCUT2D eigenvalue weighted by Crippen LogP contribution is -2.56. The van der Waals surface area contributed by atoms with E-state index in [2.05, 4.69) is 16.2 Å². The quantitative estimate of drug-likeness (QED) is 0.675. The second-order valence-electron chi connectivity index (χ2n) is 7.97. The number of amides is 2. The molecule has 0 radical (unpaired) electrons. The lowest BCUT2D eigenvalue weighted by Gasteiger charge is -2.38. The maximum absolute atomic E-state index is 13.2. The van der Waals surface area contributed by atoms with Crippen LogP contribution in [0.1, 0.15) is 35.2 Å². The highest BCUT2D eigenvalue weighted by Crippen LogP contribution is 2.31. The molecule has 0 spiro atoms. The minimum absolute atomic E-state index is 0.00845. The Bertz CT molecular complexity index is 949. The molecule has 31 heavy (non-hydrogen) atoms. The monoisotopic (exact) mass is 424 g/mol. The lowest BCUT2D eigenvalue weighted by atomic mass is 9.96. The van der Waals surface area contributed by atoms with Crippen LogP contribution in [0.4, 0.5) is 0 Å². The van der Waals surface area contributed by atoms with Crippen molar-refractivity contribution in [3.05, 3.63) is 65.2 Å². The fourth-order valence-electron chi connectivity index (χ4n) is 4.16. The van der Waals surface area contributed by atoms with Crippen molar-refractivity contribution in [2.75, 3.05) is 20.8 Å². The van der Waals surface area contributed by atoms with Gasteiger partial charge in [-0.2, -0.15) is 0 Å². The molecule has 164 valence electrons. The van der Waals surface area contributed by atoms with Gasteiger partial charge in [0.25, 0.3) is 5.91 Å². The molecule has 2 aliphatic heterocycles. The molecule has 3 N–H and O–H groups in total. The number of morpholine rings is 1. The summed E-state index contributed by atoms with van der Waals surface area (Å²) in [6.07, 6.45) is -0.437. The van der Waals surface area contributed by atoms with Crippen molar-refractivity contribution in [1.29, 1.82) is 0 Å². The van der Waals surface area contributed by atoms with Gasteiger partial charge in [0.15, 0.2) is 6.10 Å². The molecule has 0 bridgehead atoms. The van der Waals surface area contributed by atoms with Crippen molar-refractivity contribution in [1.82, 2.24) is 21.1 Å². The minimum atomic E-state index is -0.794. The van der Waals surface area contributed by atoms with Crippen molar-refractivity contribution in [3.8, 4) is 5.75 Å². The molecule has 0 aromatic heterocycles. The number of aryl methyl sites for hydroxylation is 1. The molecule has 2 aliphatic rings. The van der Waals surface area contributed by atoms with E-state index in [0.717, 1.165) is 22.4 Å². The molecule has 2 heterocycles. The Balaban J connectivity index is 1.47. The largest absolute Gasteiger partial charge is 0.496 e. The van der Waals surface area contributed by atoms with Gasteiger partial charge in [-0.25, -0.2) is 10.9 Å². The zero-order valence-corrected chi connectivity index (χ0v) is 17.9. The van der Waals surface area contributed by atoms with E-state index in [1.165, 1.54) is 0 Å². The van der Waals surface area contributed by atoms with Crippen LogP contribution >= 0.6 is 0 Å². The summed E-state index contributed by atoms with van der Waals surface area (Å²) < 4.78 is 11.2. The topological polar surface area (TPSA) is 91.9 Å². The Kier molecular flexibility index (Phi) is 6.22. The number of ether oxygens (including phenoxy) is 2. The van der Waals surface area contributed by atoms with Gasteiger partial charge >= 0.3 is 0 Å². The average Bonchev–Trinajstić information content (AvgIpc) is 3.24. The molecule has 2 amide bonds. The number of para-hydroxylation sites is 1. The minimum Gasteiger partial charge on any atom is -0.496 e. The van der Waals surface area contributed by atoms with Crippen molar-refractivity contribution in [2.24, 2.45) is 0 Å². The summed E-state index contributed by atoms with van der Waals surface area (Å²) in [4.78, 5) is 27.0. The first-order chi connectivity index (χ1) is 15.0. The third kappa shape index (κ3) is 4.41. The summed E-state index contributed by atoms with van der Waals surface area (Å²) >= 11 is 0. The molecule has 4 unspecified atom stereocenters. The van der Waals surface area contributed by atoms with Crippen LogP contribution in [-0.2, 0) is 14.3 Å². The van der Waals surface area contributed by atoms with Crippen LogP contribution in [0.2, 0.25) is 0 Å². The van der Waals surface area contributed by atoms with E-state index in [9.17, 15) is 9.59 Å². The van der Waals surface area contributed by atoms with Gasteiger partial charge in [-0.3, -0.25) is 9.59 Å². The Hall–Kier alpha value is -2.94. The van der Waals surface area contributed by atoms with Gasteiger partial charge in [0, 0.05) is 19.0 Å². The molecule has 8 heteroatoms. The van der Waals surface area contributed by atoms with Crippen LogP contribution in [0.15, 0.2) is 48.5 Å². The third-order valence-corrected chi connectivity index (χ3v) is 5.90. The van der Waals surface area contributed by atoms with Crippen LogP contribution in [0.3, 0.4) is 0 Å². The molecule has 0 aliphatic carbocycles. The number of hydrazine groups is 1. The first-order valence-corrected chi connectivity index (χ1v) is 10.4. The normalized spacial score (nSPS) is 26.0. The first-order valence-electron chi connectivity index (χ1n) is 10.4. The Morgan fingerprint density at radius 2 is 1.90 bits per heavy atom. The van der Waals surface area contributed by atoms with E-state index in [1.54, 1.807) is 19.1 Å². The number of hydrogen-bond donors (Lipinski definition) is 3. The van der Waals surface area contributed by atoms with E-state index in [1.807, 2.05) is 55.5 Å². The standard InChI is InChI=1S/C23H28N4O4/c1-14-8-10-15(11-9-14)21-22(31-13-20(28)27(21)2)23(29)24-19-12-17(25-26-19)16-6-4-5-7-18(16)30-3/h4-11,17,19,21-22,25-26H,12-13H2,1-3H3,(H,24,29). The molecule has 2 saturated heterocycles. The van der Waals surface area contributed by atoms with E-state index in [0.29, 0.717) is 6.42 Å². The zero-order chi connectivity index (χ0) is 22.0. The number of carbonyl (C=O) groups is 2. The van der Waals surface area contributed by atoms with Crippen LogP contribution in [0.25, 0.3) is 0 Å². The average molecular weight is 425 g/mol. The number of rotatable bonds is 5. The van der Waals surface area contributed by atoms with Gasteiger partial charge in [0.05, 0.1) is 25.4 Å². The van der Waals surface area contributed by atoms with Crippen molar-refractivity contribution in [3.63, 3.8) is 0 Å². The van der Waals surface area contributed by atoms with Gasteiger partial charge in [-0.1, -0.05) is 48.0 Å². The summed E-state index contributed by atoms with van der Waals surface area (Å²) in [5.41, 5.74) is 9.35. The highest BCUT2D eigenvalue weighted by Gasteiger charge is 2.41. The number of hydrogen-bond acceptors (Lipinski definition) is 6. The fraction of sp³-hybridized carbons (Fsp3) is 0.391. The molecule has 2 aromatic carbocycles. The SMILES string of the molecule is COc1ccccc1C1CC(NC(=O)C2OCC(=O)N(C)C2c2ccc(C)cc2)NN1. The van der Waals surface area contributed by atoms with E-state index >= 15 is 0 Å². The highest BCUT2D eigenvalue weighted by atomic mass is 16.5. The molecule has 8 nitrogen and oxygen atoms in total. The smallest absolute Gasteiger partial charge is 0.252 e.